The molecule has 7 heteroatoms. The number of thiocarbonyl (C=S) groups is 1. The van der Waals surface area contributed by atoms with Crippen molar-refractivity contribution in [3.05, 3.63) is 64.1 Å². The van der Waals surface area contributed by atoms with E-state index in [0.29, 0.717) is 26.3 Å². The molecule has 0 unspecified atom stereocenters. The molecule has 1 fully saturated rings. The SMILES string of the molecule is COc1cc(C=C2SC(=S)NC2=O)ccc1OCc1ccccc1C#N. The summed E-state index contributed by atoms with van der Waals surface area (Å²) in [6, 6.07) is 14.8. The molecule has 0 aliphatic carbocycles. The number of ether oxygens (including phenoxy) is 2. The molecular formula is C19H14N2O3S2. The molecule has 1 aliphatic rings. The number of hydrogen-bond acceptors (Lipinski definition) is 6. The van der Waals surface area contributed by atoms with Gasteiger partial charge in [0, 0.05) is 5.56 Å². The van der Waals surface area contributed by atoms with Crippen molar-refractivity contribution in [2.24, 2.45) is 0 Å². The summed E-state index contributed by atoms with van der Waals surface area (Å²) in [6.45, 7) is 0.257. The van der Waals surface area contributed by atoms with Crippen LogP contribution in [0.1, 0.15) is 16.7 Å². The Bertz CT molecular complexity index is 948. The maximum Gasteiger partial charge on any atom is 0.263 e. The van der Waals surface area contributed by atoms with Crippen molar-refractivity contribution in [1.29, 1.82) is 5.26 Å². The molecule has 3 rings (SSSR count). The van der Waals surface area contributed by atoms with Crippen molar-refractivity contribution in [3.63, 3.8) is 0 Å². The van der Waals surface area contributed by atoms with Crippen LogP contribution in [0.3, 0.4) is 0 Å². The van der Waals surface area contributed by atoms with E-state index in [1.807, 2.05) is 24.3 Å². The van der Waals surface area contributed by atoms with Crippen LogP contribution in [-0.4, -0.2) is 17.3 Å². The molecular weight excluding hydrogens is 368 g/mol. The van der Waals surface area contributed by atoms with Gasteiger partial charge in [-0.05, 0) is 29.8 Å². The maximum atomic E-state index is 11.8. The van der Waals surface area contributed by atoms with E-state index in [1.165, 1.54) is 11.8 Å². The van der Waals surface area contributed by atoms with Gasteiger partial charge >= 0.3 is 0 Å². The van der Waals surface area contributed by atoms with Gasteiger partial charge in [0.2, 0.25) is 0 Å². The number of nitriles is 1. The van der Waals surface area contributed by atoms with Crippen molar-refractivity contribution >= 4 is 40.3 Å². The lowest BCUT2D eigenvalue weighted by atomic mass is 10.1. The monoisotopic (exact) mass is 382 g/mol. The number of carbonyl (C=O) groups is 1. The molecule has 1 N–H and O–H groups in total. The second-order valence-corrected chi connectivity index (χ2v) is 7.04. The summed E-state index contributed by atoms with van der Waals surface area (Å²) < 4.78 is 11.7. The second-order valence-electron chi connectivity index (χ2n) is 5.32. The second kappa shape index (κ2) is 8.04. The highest BCUT2D eigenvalue weighted by atomic mass is 32.2. The number of rotatable bonds is 5. The molecule has 0 atom stereocenters. The molecule has 1 saturated heterocycles. The Morgan fingerprint density at radius 2 is 2.08 bits per heavy atom. The third-order valence-corrected chi connectivity index (χ3v) is 4.81. The maximum absolute atomic E-state index is 11.8. The number of nitrogens with zero attached hydrogens (tertiary/aromatic N) is 1. The van der Waals surface area contributed by atoms with Crippen LogP contribution in [0.5, 0.6) is 11.5 Å². The van der Waals surface area contributed by atoms with Crippen LogP contribution in [0.25, 0.3) is 6.08 Å². The van der Waals surface area contributed by atoms with Gasteiger partial charge in [-0.2, -0.15) is 5.26 Å². The van der Waals surface area contributed by atoms with E-state index in [-0.39, 0.29) is 12.5 Å². The quantitative estimate of drug-likeness (QED) is 0.629. The van der Waals surface area contributed by atoms with E-state index < -0.39 is 0 Å². The third-order valence-electron chi connectivity index (χ3n) is 3.65. The number of methoxy groups -OCH3 is 1. The van der Waals surface area contributed by atoms with Gasteiger partial charge in [-0.25, -0.2) is 0 Å². The summed E-state index contributed by atoms with van der Waals surface area (Å²) in [7, 11) is 1.55. The number of thioether (sulfide) groups is 1. The zero-order valence-electron chi connectivity index (χ0n) is 13.8. The van der Waals surface area contributed by atoms with Crippen LogP contribution in [-0.2, 0) is 11.4 Å². The summed E-state index contributed by atoms with van der Waals surface area (Å²) in [5, 5.41) is 11.7. The molecule has 0 spiro atoms. The van der Waals surface area contributed by atoms with Crippen molar-refractivity contribution in [2.75, 3.05) is 7.11 Å². The standard InChI is InChI=1S/C19H14N2O3S2/c1-23-16-8-12(9-17-18(22)21-19(25)26-17)6-7-15(16)24-11-14-5-3-2-4-13(14)10-20/h2-9H,11H2,1H3,(H,21,22,25). The largest absolute Gasteiger partial charge is 0.493 e. The third kappa shape index (κ3) is 4.04. The molecule has 26 heavy (non-hydrogen) atoms. The van der Waals surface area contributed by atoms with Crippen LogP contribution >= 0.6 is 24.0 Å². The van der Waals surface area contributed by atoms with E-state index in [2.05, 4.69) is 11.4 Å². The zero-order valence-corrected chi connectivity index (χ0v) is 15.4. The van der Waals surface area contributed by atoms with Crippen molar-refractivity contribution in [2.45, 2.75) is 6.61 Å². The molecule has 130 valence electrons. The van der Waals surface area contributed by atoms with Gasteiger partial charge in [0.15, 0.2) is 11.5 Å². The smallest absolute Gasteiger partial charge is 0.263 e. The first-order valence-corrected chi connectivity index (χ1v) is 8.87. The lowest BCUT2D eigenvalue weighted by molar-refractivity contribution is -0.115. The van der Waals surface area contributed by atoms with Gasteiger partial charge in [0.25, 0.3) is 5.91 Å². The fourth-order valence-electron chi connectivity index (χ4n) is 2.38. The lowest BCUT2D eigenvalue weighted by Gasteiger charge is -2.12. The zero-order chi connectivity index (χ0) is 18.5. The lowest BCUT2D eigenvalue weighted by Crippen LogP contribution is -2.17. The molecule has 5 nitrogen and oxygen atoms in total. The number of benzene rings is 2. The number of carbonyl (C=O) groups excluding carboxylic acids is 1. The van der Waals surface area contributed by atoms with Gasteiger partial charge in [-0.1, -0.05) is 48.2 Å². The summed E-state index contributed by atoms with van der Waals surface area (Å²) in [4.78, 5) is 12.3. The average Bonchev–Trinajstić information content (AvgIpc) is 2.97. The van der Waals surface area contributed by atoms with E-state index >= 15 is 0 Å². The molecule has 0 saturated carbocycles. The topological polar surface area (TPSA) is 71.3 Å². The van der Waals surface area contributed by atoms with Crippen molar-refractivity contribution in [1.82, 2.24) is 5.32 Å². The molecule has 1 heterocycles. The van der Waals surface area contributed by atoms with E-state index in [0.717, 1.165) is 11.1 Å². The Hall–Kier alpha value is -2.82. The summed E-state index contributed by atoms with van der Waals surface area (Å²) in [5.41, 5.74) is 2.18. The number of nitrogens with one attached hydrogen (secondary N) is 1. The summed E-state index contributed by atoms with van der Waals surface area (Å²) >= 11 is 6.21. The fourth-order valence-corrected chi connectivity index (χ4v) is 3.42. The molecule has 0 radical (unpaired) electrons. The Labute approximate surface area is 160 Å². The fraction of sp³-hybridized carbons (Fsp3) is 0.105. The highest BCUT2D eigenvalue weighted by Crippen LogP contribution is 2.32. The van der Waals surface area contributed by atoms with Crippen LogP contribution in [0.15, 0.2) is 47.4 Å². The highest BCUT2D eigenvalue weighted by molar-refractivity contribution is 8.26. The van der Waals surface area contributed by atoms with E-state index in [4.69, 9.17) is 27.0 Å². The normalized spacial score (nSPS) is 14.8. The van der Waals surface area contributed by atoms with Crippen LogP contribution in [0.2, 0.25) is 0 Å². The van der Waals surface area contributed by atoms with E-state index in [9.17, 15) is 4.79 Å². The minimum atomic E-state index is -0.201. The van der Waals surface area contributed by atoms with Gasteiger partial charge in [0.1, 0.15) is 10.9 Å². The minimum absolute atomic E-state index is 0.201. The Morgan fingerprint density at radius 1 is 1.27 bits per heavy atom. The van der Waals surface area contributed by atoms with Crippen LogP contribution < -0.4 is 14.8 Å². The molecule has 0 aromatic heterocycles. The first kappa shape index (κ1) is 18.0. The summed E-state index contributed by atoms with van der Waals surface area (Å²) in [6.07, 6.45) is 1.75. The minimum Gasteiger partial charge on any atom is -0.493 e. The molecule has 1 amide bonds. The molecule has 2 aromatic rings. The van der Waals surface area contributed by atoms with E-state index in [1.54, 1.807) is 31.4 Å². The Kier molecular flexibility index (Phi) is 5.56. The van der Waals surface area contributed by atoms with Gasteiger partial charge in [0.05, 0.1) is 23.6 Å². The molecule has 1 aliphatic heterocycles. The van der Waals surface area contributed by atoms with Gasteiger partial charge in [-0.15, -0.1) is 0 Å². The van der Waals surface area contributed by atoms with Crippen LogP contribution in [0.4, 0.5) is 0 Å². The van der Waals surface area contributed by atoms with Crippen LogP contribution in [0, 0.1) is 11.3 Å². The molecule has 0 bridgehead atoms. The Balaban J connectivity index is 1.79. The highest BCUT2D eigenvalue weighted by Gasteiger charge is 2.22. The first-order valence-electron chi connectivity index (χ1n) is 7.64. The van der Waals surface area contributed by atoms with Crippen molar-refractivity contribution in [3.8, 4) is 17.6 Å². The predicted molar refractivity (Wildman–Crippen MR) is 105 cm³/mol. The summed E-state index contributed by atoms with van der Waals surface area (Å²) in [5.74, 6) is 0.897. The number of hydrogen-bond donors (Lipinski definition) is 1. The Morgan fingerprint density at radius 3 is 2.77 bits per heavy atom. The average molecular weight is 382 g/mol. The number of amides is 1. The first-order chi connectivity index (χ1) is 12.6. The molecule has 2 aromatic carbocycles. The van der Waals surface area contributed by atoms with Gasteiger partial charge < -0.3 is 14.8 Å². The predicted octanol–water partition coefficient (Wildman–Crippen LogP) is 3.63. The van der Waals surface area contributed by atoms with Gasteiger partial charge in [-0.3, -0.25) is 4.79 Å². The van der Waals surface area contributed by atoms with Crippen molar-refractivity contribution < 1.29 is 14.3 Å².